The lowest BCUT2D eigenvalue weighted by Crippen LogP contribution is -2.04. The van der Waals surface area contributed by atoms with E-state index in [0.29, 0.717) is 0 Å². The minimum absolute atomic E-state index is 0.0609. The number of carbonyl (C=O) groups excluding carboxylic acids is 1. The van der Waals surface area contributed by atoms with Gasteiger partial charge in [-0.25, -0.2) is 0 Å². The Morgan fingerprint density at radius 3 is 2.88 bits per heavy atom. The lowest BCUT2D eigenvalue weighted by molar-refractivity contribution is -0.119. The topological polar surface area (TPSA) is 17.1 Å². The van der Waals surface area contributed by atoms with Crippen LogP contribution in [0.2, 0.25) is 0 Å². The van der Waals surface area contributed by atoms with Gasteiger partial charge in [0.1, 0.15) is 5.78 Å². The van der Waals surface area contributed by atoms with Gasteiger partial charge in [0, 0.05) is 18.3 Å². The Morgan fingerprint density at radius 2 is 2.25 bits per heavy atom. The minimum Gasteiger partial charge on any atom is -0.300 e. The highest BCUT2D eigenvalue weighted by atomic mass is 16.1. The van der Waals surface area contributed by atoms with E-state index < -0.39 is 18.5 Å². The molecule has 0 bridgehead atoms. The van der Waals surface area contributed by atoms with Crippen LogP contribution in [-0.4, -0.2) is 5.78 Å². The molecule has 0 aromatic rings. The van der Waals surface area contributed by atoms with Crippen molar-refractivity contribution in [1.82, 2.24) is 0 Å². The van der Waals surface area contributed by atoms with Crippen molar-refractivity contribution >= 4 is 5.78 Å². The third-order valence-electron chi connectivity index (χ3n) is 1.03. The summed E-state index contributed by atoms with van der Waals surface area (Å²) >= 11 is 0. The lowest BCUT2D eigenvalue weighted by Gasteiger charge is -2.09. The summed E-state index contributed by atoms with van der Waals surface area (Å²) < 4.78 is 29.2. The molecule has 0 aromatic heterocycles. The number of Topliss-reactive ketones (excluding diaryl/α,β-unsaturated/α-hetero) is 1. The predicted octanol–water partition coefficient (Wildman–Crippen LogP) is 1.69. The molecule has 1 aliphatic rings. The minimum atomic E-state index is -2.40. The number of allylic oxidation sites excluding steroid dienone is 1. The van der Waals surface area contributed by atoms with Crippen LogP contribution >= 0.6 is 0 Å². The molecule has 0 unspecified atom stereocenters. The summed E-state index contributed by atoms with van der Waals surface area (Å²) in [4.78, 5) is 11.0. The van der Waals surface area contributed by atoms with Crippen molar-refractivity contribution in [3.05, 3.63) is 12.2 Å². The summed E-state index contributed by atoms with van der Waals surface area (Å²) in [6.45, 7) is 3.43. The van der Waals surface area contributed by atoms with Crippen molar-refractivity contribution in [2.75, 3.05) is 0 Å². The molecule has 0 aromatic carbocycles. The van der Waals surface area contributed by atoms with Crippen LogP contribution < -0.4 is 0 Å². The fourth-order valence-electron chi connectivity index (χ4n) is 0.548. The van der Waals surface area contributed by atoms with Gasteiger partial charge in [0.05, 0.1) is 0 Å². The van der Waals surface area contributed by atoms with Gasteiger partial charge in [-0.2, -0.15) is 0 Å². The molecule has 1 rings (SSSR count). The molecule has 0 amide bonds. The van der Waals surface area contributed by atoms with E-state index in [-0.39, 0.29) is 18.4 Å². The highest BCUT2D eigenvalue weighted by Crippen LogP contribution is 2.17. The molecular formula is C7H10O. The van der Waals surface area contributed by atoms with E-state index in [1.807, 2.05) is 0 Å². The molecular weight excluding hydrogens is 100 g/mol. The van der Waals surface area contributed by atoms with Gasteiger partial charge in [0.2, 0.25) is 0 Å². The Labute approximate surface area is 55.0 Å². The molecule has 1 fully saturated rings. The van der Waals surface area contributed by atoms with Crippen LogP contribution in [-0.2, 0) is 4.79 Å². The highest BCUT2D eigenvalue weighted by molar-refractivity contribution is 5.79. The Hall–Kier alpha value is -0.590. The largest absolute Gasteiger partial charge is 0.300 e. The molecule has 0 heterocycles. The van der Waals surface area contributed by atoms with Crippen LogP contribution in [0.5, 0.6) is 0 Å². The van der Waals surface area contributed by atoms with Crippen molar-refractivity contribution in [3.8, 4) is 0 Å². The molecule has 0 aliphatic heterocycles. The SMILES string of the molecule is [2H]C1([2H])C(=C)CCC(=O)C1([2H])[2H]. The van der Waals surface area contributed by atoms with E-state index in [2.05, 4.69) is 6.58 Å². The normalized spacial score (nSPS) is 41.5. The average molecular weight is 114 g/mol. The van der Waals surface area contributed by atoms with E-state index >= 15 is 0 Å². The third kappa shape index (κ3) is 1.19. The van der Waals surface area contributed by atoms with Crippen LogP contribution in [0.4, 0.5) is 0 Å². The molecule has 1 heteroatoms. The summed E-state index contributed by atoms with van der Waals surface area (Å²) in [6.07, 6.45) is -4.29. The van der Waals surface area contributed by atoms with Crippen molar-refractivity contribution in [3.63, 3.8) is 0 Å². The first-order valence-corrected chi connectivity index (χ1v) is 2.51. The molecule has 1 aliphatic carbocycles. The molecule has 44 valence electrons. The molecule has 0 saturated heterocycles. The quantitative estimate of drug-likeness (QED) is 0.438. The molecule has 0 radical (unpaired) electrons. The first-order valence-electron chi connectivity index (χ1n) is 4.51. The second kappa shape index (κ2) is 2.12. The molecule has 8 heavy (non-hydrogen) atoms. The van der Waals surface area contributed by atoms with Crippen molar-refractivity contribution in [2.45, 2.75) is 25.6 Å². The van der Waals surface area contributed by atoms with E-state index in [9.17, 15) is 4.79 Å². The van der Waals surface area contributed by atoms with Gasteiger partial charge in [0.15, 0.2) is 0 Å². The standard InChI is InChI=1S/C7H10O/c1-6-2-4-7(8)5-3-6/h1-5H2/i2D2,4D2. The number of ketones is 1. The second-order valence-corrected chi connectivity index (χ2v) is 1.78. The molecule has 0 atom stereocenters. The predicted molar refractivity (Wildman–Crippen MR) is 32.6 cm³/mol. The summed E-state index contributed by atoms with van der Waals surface area (Å²) in [7, 11) is 0. The monoisotopic (exact) mass is 114 g/mol. The number of carbonyl (C=O) groups is 1. The summed E-state index contributed by atoms with van der Waals surface area (Å²) in [6, 6.07) is 0. The highest BCUT2D eigenvalue weighted by Gasteiger charge is 2.09. The van der Waals surface area contributed by atoms with E-state index in [1.54, 1.807) is 0 Å². The van der Waals surface area contributed by atoms with Gasteiger partial charge in [-0.3, -0.25) is 4.79 Å². The number of hydrogen-bond donors (Lipinski definition) is 0. The van der Waals surface area contributed by atoms with E-state index in [0.717, 1.165) is 0 Å². The molecule has 0 N–H and O–H groups in total. The number of rotatable bonds is 0. The smallest absolute Gasteiger partial charge is 0.133 e. The van der Waals surface area contributed by atoms with Gasteiger partial charge in [-0.15, -0.1) is 0 Å². The van der Waals surface area contributed by atoms with Crippen LogP contribution in [0.1, 0.15) is 31.1 Å². The zero-order valence-corrected chi connectivity index (χ0v) is 4.53. The zero-order valence-electron chi connectivity index (χ0n) is 8.53. The Morgan fingerprint density at radius 1 is 1.50 bits per heavy atom. The first-order chi connectivity index (χ1) is 5.30. The molecule has 1 nitrogen and oxygen atoms in total. The maximum atomic E-state index is 11.0. The maximum Gasteiger partial charge on any atom is 0.133 e. The van der Waals surface area contributed by atoms with Crippen LogP contribution in [0.25, 0.3) is 0 Å². The molecule has 0 spiro atoms. The van der Waals surface area contributed by atoms with Crippen molar-refractivity contribution in [1.29, 1.82) is 0 Å². The Kier molecular flexibility index (Phi) is 0.619. The molecule has 1 saturated carbocycles. The Bertz CT molecular complexity index is 218. The average Bonchev–Trinajstić information content (AvgIpc) is 1.96. The maximum absolute atomic E-state index is 11.0. The Balaban J connectivity index is 3.09. The van der Waals surface area contributed by atoms with Gasteiger partial charge in [-0.1, -0.05) is 12.2 Å². The first kappa shape index (κ1) is 2.34. The number of hydrogen-bond acceptors (Lipinski definition) is 1. The van der Waals surface area contributed by atoms with Gasteiger partial charge in [-0.05, 0) is 12.8 Å². The van der Waals surface area contributed by atoms with Crippen molar-refractivity contribution < 1.29 is 10.3 Å². The third-order valence-corrected chi connectivity index (χ3v) is 1.03. The lowest BCUT2D eigenvalue weighted by atomic mass is 9.95. The van der Waals surface area contributed by atoms with E-state index in [4.69, 9.17) is 5.48 Å². The van der Waals surface area contributed by atoms with Crippen LogP contribution in [0.3, 0.4) is 0 Å². The van der Waals surface area contributed by atoms with Gasteiger partial charge >= 0.3 is 0 Å². The van der Waals surface area contributed by atoms with Gasteiger partial charge < -0.3 is 0 Å². The van der Waals surface area contributed by atoms with E-state index in [1.165, 1.54) is 0 Å². The second-order valence-electron chi connectivity index (χ2n) is 1.78. The zero-order chi connectivity index (χ0) is 9.57. The summed E-state index contributed by atoms with van der Waals surface area (Å²) in [5.41, 5.74) is 0.173. The van der Waals surface area contributed by atoms with Crippen LogP contribution in [0, 0.1) is 0 Å². The van der Waals surface area contributed by atoms with Crippen LogP contribution in [0.15, 0.2) is 12.2 Å². The fourth-order valence-corrected chi connectivity index (χ4v) is 0.548. The summed E-state index contributed by atoms with van der Waals surface area (Å²) in [5.74, 6) is -0.667. The van der Waals surface area contributed by atoms with Gasteiger partial charge in [0.25, 0.3) is 0 Å². The summed E-state index contributed by atoms with van der Waals surface area (Å²) in [5, 5.41) is 0. The van der Waals surface area contributed by atoms with Crippen molar-refractivity contribution in [2.24, 2.45) is 0 Å². The fraction of sp³-hybridized carbons (Fsp3) is 0.571.